The van der Waals surface area contributed by atoms with Crippen LogP contribution in [-0.2, 0) is 37.0 Å². The molecule has 9 heteroatoms. The third-order valence-electron chi connectivity index (χ3n) is 4.43. The number of aliphatic carboxylic acids is 1. The first-order valence-corrected chi connectivity index (χ1v) is 10.7. The molecule has 9 nitrogen and oxygen atoms in total. The van der Waals surface area contributed by atoms with Crippen LogP contribution in [0.2, 0.25) is 0 Å². The lowest BCUT2D eigenvalue weighted by atomic mass is 10.1. The zero-order valence-corrected chi connectivity index (χ0v) is 19.4. The summed E-state index contributed by atoms with van der Waals surface area (Å²) in [6.07, 6.45) is -3.15. The first kappa shape index (κ1) is 26.4. The molecule has 0 bridgehead atoms. The zero-order valence-electron chi connectivity index (χ0n) is 19.4. The van der Waals surface area contributed by atoms with Crippen molar-refractivity contribution in [2.24, 2.45) is 0 Å². The van der Waals surface area contributed by atoms with Crippen LogP contribution >= 0.6 is 0 Å². The molecule has 0 aliphatic carbocycles. The Hall–Kier alpha value is -3.88. The molecule has 34 heavy (non-hydrogen) atoms. The molecule has 0 aliphatic heterocycles. The summed E-state index contributed by atoms with van der Waals surface area (Å²) in [4.78, 5) is 50.5. The van der Waals surface area contributed by atoms with Crippen LogP contribution in [-0.4, -0.2) is 45.8 Å². The molecule has 0 saturated carbocycles. The molecule has 0 saturated heterocycles. The van der Waals surface area contributed by atoms with E-state index in [4.69, 9.17) is 19.3 Å². The second-order valence-corrected chi connectivity index (χ2v) is 8.43. The maximum Gasteiger partial charge on any atom is 0.420 e. The first-order valence-electron chi connectivity index (χ1n) is 10.7. The van der Waals surface area contributed by atoms with E-state index in [1.165, 1.54) is 0 Å². The van der Waals surface area contributed by atoms with Crippen molar-refractivity contribution in [3.05, 3.63) is 71.8 Å². The summed E-state index contributed by atoms with van der Waals surface area (Å²) < 4.78 is 15.9. The molecule has 2 amide bonds. The molecular weight excluding hydrogens is 442 g/mol. The number of esters is 1. The molecule has 1 N–H and O–H groups in total. The van der Waals surface area contributed by atoms with E-state index in [9.17, 15) is 19.2 Å². The van der Waals surface area contributed by atoms with Crippen LogP contribution in [0, 0.1) is 0 Å². The SMILES string of the molecule is CC(C)(C)OC(=O)N(C(=O)OCc1ccccc1)[C@@H](CCC(=O)O)C(=O)OCc1ccccc1. The van der Waals surface area contributed by atoms with Crippen LogP contribution in [0.25, 0.3) is 0 Å². The van der Waals surface area contributed by atoms with E-state index in [1.54, 1.807) is 81.4 Å². The fraction of sp³-hybridized carbons (Fsp3) is 0.360. The molecule has 0 unspecified atom stereocenters. The quantitative estimate of drug-likeness (QED) is 0.418. The molecule has 2 rings (SSSR count). The van der Waals surface area contributed by atoms with Gasteiger partial charge >= 0.3 is 24.1 Å². The van der Waals surface area contributed by atoms with Crippen LogP contribution in [0.15, 0.2) is 60.7 Å². The number of carboxylic acid groups (broad SMARTS) is 1. The van der Waals surface area contributed by atoms with Gasteiger partial charge in [-0.2, -0.15) is 4.90 Å². The molecule has 0 fully saturated rings. The number of imide groups is 1. The Morgan fingerprint density at radius 2 is 1.32 bits per heavy atom. The van der Waals surface area contributed by atoms with Crippen LogP contribution in [0.1, 0.15) is 44.7 Å². The third-order valence-corrected chi connectivity index (χ3v) is 4.43. The highest BCUT2D eigenvalue weighted by Crippen LogP contribution is 2.19. The Bertz CT molecular complexity index is 969. The van der Waals surface area contributed by atoms with E-state index in [-0.39, 0.29) is 19.6 Å². The van der Waals surface area contributed by atoms with Gasteiger partial charge in [-0.05, 0) is 38.3 Å². The van der Waals surface area contributed by atoms with Crippen molar-refractivity contribution in [1.82, 2.24) is 4.90 Å². The summed E-state index contributed by atoms with van der Waals surface area (Å²) >= 11 is 0. The lowest BCUT2D eigenvalue weighted by Crippen LogP contribution is -2.51. The fourth-order valence-corrected chi connectivity index (χ4v) is 2.87. The number of nitrogens with zero attached hydrogens (tertiary/aromatic N) is 1. The number of hydrogen-bond donors (Lipinski definition) is 1. The van der Waals surface area contributed by atoms with E-state index in [2.05, 4.69) is 0 Å². The van der Waals surface area contributed by atoms with E-state index >= 15 is 0 Å². The second kappa shape index (κ2) is 12.4. The summed E-state index contributed by atoms with van der Waals surface area (Å²) in [7, 11) is 0. The molecule has 1 atom stereocenters. The summed E-state index contributed by atoms with van der Waals surface area (Å²) in [5.41, 5.74) is 0.359. The number of hydrogen-bond acceptors (Lipinski definition) is 7. The molecule has 0 aromatic heterocycles. The predicted octanol–water partition coefficient (Wildman–Crippen LogP) is 4.54. The van der Waals surface area contributed by atoms with Gasteiger partial charge in [-0.25, -0.2) is 14.4 Å². The minimum Gasteiger partial charge on any atom is -0.481 e. The summed E-state index contributed by atoms with van der Waals surface area (Å²) in [5.74, 6) is -2.16. The van der Waals surface area contributed by atoms with Crippen molar-refractivity contribution in [3.8, 4) is 0 Å². The molecule has 0 heterocycles. The second-order valence-electron chi connectivity index (χ2n) is 8.43. The average Bonchev–Trinajstić information content (AvgIpc) is 2.78. The van der Waals surface area contributed by atoms with Crippen molar-refractivity contribution < 1.29 is 38.5 Å². The van der Waals surface area contributed by atoms with Gasteiger partial charge in [0.25, 0.3) is 0 Å². The monoisotopic (exact) mass is 471 g/mol. The predicted molar refractivity (Wildman–Crippen MR) is 122 cm³/mol. The van der Waals surface area contributed by atoms with Gasteiger partial charge in [0, 0.05) is 6.42 Å². The van der Waals surface area contributed by atoms with E-state index < -0.39 is 42.2 Å². The number of carbonyl (C=O) groups is 4. The molecule has 182 valence electrons. The number of carboxylic acids is 1. The van der Waals surface area contributed by atoms with Gasteiger partial charge in [0.1, 0.15) is 24.9 Å². The highest BCUT2D eigenvalue weighted by atomic mass is 16.6. The minimum atomic E-state index is -1.56. The van der Waals surface area contributed by atoms with E-state index in [1.807, 2.05) is 0 Å². The van der Waals surface area contributed by atoms with Gasteiger partial charge in [0.15, 0.2) is 0 Å². The Morgan fingerprint density at radius 1 is 0.824 bits per heavy atom. The highest BCUT2D eigenvalue weighted by molar-refractivity contribution is 5.94. The number of ether oxygens (including phenoxy) is 3. The molecule has 2 aromatic carbocycles. The third kappa shape index (κ3) is 8.93. The Morgan fingerprint density at radius 3 is 1.79 bits per heavy atom. The minimum absolute atomic E-state index is 0.121. The number of rotatable bonds is 9. The van der Waals surface area contributed by atoms with Crippen LogP contribution in [0.4, 0.5) is 9.59 Å². The van der Waals surface area contributed by atoms with Crippen molar-refractivity contribution >= 4 is 24.1 Å². The average molecular weight is 472 g/mol. The van der Waals surface area contributed by atoms with Crippen LogP contribution < -0.4 is 0 Å². The van der Waals surface area contributed by atoms with Gasteiger partial charge in [0.05, 0.1) is 0 Å². The Balaban J connectivity index is 2.27. The molecule has 0 radical (unpaired) electrons. The zero-order chi connectivity index (χ0) is 25.1. The molecule has 2 aromatic rings. The van der Waals surface area contributed by atoms with E-state index in [0.29, 0.717) is 16.0 Å². The molecule has 0 aliphatic rings. The maximum absolute atomic E-state index is 13.0. The number of benzene rings is 2. The van der Waals surface area contributed by atoms with Gasteiger partial charge in [0.2, 0.25) is 0 Å². The molecular formula is C25H29NO8. The summed E-state index contributed by atoms with van der Waals surface area (Å²) in [5, 5.41) is 9.15. The standard InChI is InChI=1S/C25H29NO8/c1-25(2,3)34-24(31)26(23(30)33-17-19-12-8-5-9-13-19)20(14-15-21(27)28)22(29)32-16-18-10-6-4-7-11-18/h4-13,20H,14-17H2,1-3H3,(H,27,28)/t20-/m0/s1. The lowest BCUT2D eigenvalue weighted by Gasteiger charge is -2.30. The largest absolute Gasteiger partial charge is 0.481 e. The Kier molecular flexibility index (Phi) is 9.61. The number of amides is 2. The summed E-state index contributed by atoms with van der Waals surface area (Å²) in [6, 6.07) is 16.0. The number of carbonyl (C=O) groups excluding carboxylic acids is 3. The van der Waals surface area contributed by atoms with Crippen molar-refractivity contribution in [3.63, 3.8) is 0 Å². The highest BCUT2D eigenvalue weighted by Gasteiger charge is 2.40. The topological polar surface area (TPSA) is 119 Å². The lowest BCUT2D eigenvalue weighted by molar-refractivity contribution is -0.151. The smallest absolute Gasteiger partial charge is 0.420 e. The van der Waals surface area contributed by atoms with Gasteiger partial charge in [-0.3, -0.25) is 4.79 Å². The van der Waals surface area contributed by atoms with Gasteiger partial charge < -0.3 is 19.3 Å². The van der Waals surface area contributed by atoms with Gasteiger partial charge in [-0.1, -0.05) is 60.7 Å². The van der Waals surface area contributed by atoms with Crippen molar-refractivity contribution in [1.29, 1.82) is 0 Å². The van der Waals surface area contributed by atoms with E-state index in [0.717, 1.165) is 0 Å². The Labute approximate surface area is 198 Å². The fourth-order valence-electron chi connectivity index (χ4n) is 2.87. The van der Waals surface area contributed by atoms with Gasteiger partial charge in [-0.15, -0.1) is 0 Å². The summed E-state index contributed by atoms with van der Waals surface area (Å²) in [6.45, 7) is 4.50. The molecule has 0 spiro atoms. The van der Waals surface area contributed by atoms with Crippen molar-refractivity contribution in [2.45, 2.75) is 58.5 Å². The maximum atomic E-state index is 13.0. The van der Waals surface area contributed by atoms with Crippen LogP contribution in [0.3, 0.4) is 0 Å². The van der Waals surface area contributed by atoms with Crippen LogP contribution in [0.5, 0.6) is 0 Å². The first-order chi connectivity index (χ1) is 16.1. The normalized spacial score (nSPS) is 11.7. The van der Waals surface area contributed by atoms with Crippen molar-refractivity contribution in [2.75, 3.05) is 0 Å².